The van der Waals surface area contributed by atoms with Gasteiger partial charge in [-0.2, -0.15) is 0 Å². The van der Waals surface area contributed by atoms with Crippen molar-refractivity contribution in [1.82, 2.24) is 0 Å². The van der Waals surface area contributed by atoms with Crippen molar-refractivity contribution in [3.8, 4) is 0 Å². The van der Waals surface area contributed by atoms with Crippen molar-refractivity contribution in [3.05, 3.63) is 65.5 Å². The van der Waals surface area contributed by atoms with Crippen LogP contribution in [0.1, 0.15) is 15.9 Å². The summed E-state index contributed by atoms with van der Waals surface area (Å²) in [6.07, 6.45) is -1.17. The number of hydrogen-bond donors (Lipinski definition) is 1. The highest BCUT2D eigenvalue weighted by Gasteiger charge is 2.16. The molecule has 0 saturated carbocycles. The number of ether oxygens (including phenoxy) is 1. The molecule has 0 heterocycles. The van der Waals surface area contributed by atoms with Crippen LogP contribution in [-0.4, -0.2) is 24.3 Å². The average molecular weight is 303 g/mol. The van der Waals surface area contributed by atoms with Gasteiger partial charge in [-0.3, -0.25) is 4.90 Å². The standard InChI is InChI=1S/C16H14FNO4/c1-22-15(19)12-4-2-3-11(9-12)10-18(16(20)21)14-7-5-13(17)6-8-14/h2-9H,10H2,1H3,(H,20,21). The second kappa shape index (κ2) is 6.71. The Hall–Kier alpha value is -2.89. The summed E-state index contributed by atoms with van der Waals surface area (Å²) in [5, 5.41) is 9.32. The Morgan fingerprint density at radius 3 is 2.45 bits per heavy atom. The third kappa shape index (κ3) is 3.60. The number of carbonyl (C=O) groups excluding carboxylic acids is 1. The molecule has 0 aliphatic rings. The quantitative estimate of drug-likeness (QED) is 0.880. The predicted molar refractivity (Wildman–Crippen MR) is 78.4 cm³/mol. The molecule has 0 unspecified atom stereocenters. The van der Waals surface area contributed by atoms with Crippen LogP contribution in [0, 0.1) is 5.82 Å². The molecule has 0 fully saturated rings. The van der Waals surface area contributed by atoms with Gasteiger partial charge in [0.25, 0.3) is 0 Å². The first-order valence-electron chi connectivity index (χ1n) is 6.44. The molecule has 2 rings (SSSR count). The lowest BCUT2D eigenvalue weighted by atomic mass is 10.1. The monoisotopic (exact) mass is 303 g/mol. The summed E-state index contributed by atoms with van der Waals surface area (Å²) in [5.74, 6) is -0.938. The summed E-state index contributed by atoms with van der Waals surface area (Å²) in [6, 6.07) is 11.6. The van der Waals surface area contributed by atoms with E-state index in [4.69, 9.17) is 0 Å². The van der Waals surface area contributed by atoms with Gasteiger partial charge in [-0.15, -0.1) is 0 Å². The van der Waals surface area contributed by atoms with E-state index in [1.807, 2.05) is 0 Å². The Bertz CT molecular complexity index is 685. The molecule has 0 aliphatic carbocycles. The van der Waals surface area contributed by atoms with Crippen LogP contribution in [-0.2, 0) is 11.3 Å². The Kier molecular flexibility index (Phi) is 4.73. The van der Waals surface area contributed by atoms with E-state index in [1.54, 1.807) is 24.3 Å². The lowest BCUT2D eigenvalue weighted by Crippen LogP contribution is -2.28. The Labute approximate surface area is 126 Å². The second-order valence-electron chi connectivity index (χ2n) is 4.54. The summed E-state index contributed by atoms with van der Waals surface area (Å²) in [6.45, 7) is 0.0335. The van der Waals surface area contributed by atoms with E-state index >= 15 is 0 Å². The van der Waals surface area contributed by atoms with Crippen LogP contribution in [0.5, 0.6) is 0 Å². The number of nitrogens with zero attached hydrogens (tertiary/aromatic N) is 1. The molecule has 1 N–H and O–H groups in total. The van der Waals surface area contributed by atoms with Crippen LogP contribution in [0.25, 0.3) is 0 Å². The molecule has 2 aromatic carbocycles. The number of methoxy groups -OCH3 is 1. The number of carboxylic acid groups (broad SMARTS) is 1. The average Bonchev–Trinajstić information content (AvgIpc) is 2.53. The molecule has 22 heavy (non-hydrogen) atoms. The molecule has 0 radical (unpaired) electrons. The summed E-state index contributed by atoms with van der Waals surface area (Å²) in [5.41, 5.74) is 1.30. The van der Waals surface area contributed by atoms with Gasteiger partial charge in [-0.1, -0.05) is 12.1 Å². The fourth-order valence-electron chi connectivity index (χ4n) is 1.99. The van der Waals surface area contributed by atoms with Gasteiger partial charge in [0.2, 0.25) is 0 Å². The minimum atomic E-state index is -1.17. The summed E-state index contributed by atoms with van der Waals surface area (Å²) >= 11 is 0. The smallest absolute Gasteiger partial charge is 0.412 e. The van der Waals surface area contributed by atoms with E-state index in [0.717, 1.165) is 4.90 Å². The van der Waals surface area contributed by atoms with E-state index in [9.17, 15) is 19.1 Å². The molecule has 6 heteroatoms. The zero-order valence-electron chi connectivity index (χ0n) is 11.8. The SMILES string of the molecule is COC(=O)c1cccc(CN(C(=O)O)c2ccc(F)cc2)c1. The Morgan fingerprint density at radius 2 is 1.86 bits per heavy atom. The van der Waals surface area contributed by atoms with Crippen molar-refractivity contribution in [3.63, 3.8) is 0 Å². The van der Waals surface area contributed by atoms with Gasteiger partial charge < -0.3 is 9.84 Å². The largest absolute Gasteiger partial charge is 0.465 e. The number of anilines is 1. The van der Waals surface area contributed by atoms with Gasteiger partial charge in [0.05, 0.1) is 19.2 Å². The molecule has 1 amide bonds. The maximum absolute atomic E-state index is 12.9. The Balaban J connectivity index is 2.27. The van der Waals surface area contributed by atoms with Gasteiger partial charge in [0.15, 0.2) is 0 Å². The van der Waals surface area contributed by atoms with Crippen molar-refractivity contribution in [2.24, 2.45) is 0 Å². The van der Waals surface area contributed by atoms with Crippen LogP contribution >= 0.6 is 0 Å². The number of rotatable bonds is 4. The van der Waals surface area contributed by atoms with E-state index in [2.05, 4.69) is 4.74 Å². The molecule has 5 nitrogen and oxygen atoms in total. The second-order valence-corrected chi connectivity index (χ2v) is 4.54. The maximum atomic E-state index is 12.9. The third-order valence-corrected chi connectivity index (χ3v) is 3.06. The van der Waals surface area contributed by atoms with Crippen LogP contribution in [0.4, 0.5) is 14.9 Å². The van der Waals surface area contributed by atoms with Crippen molar-refractivity contribution in [2.75, 3.05) is 12.0 Å². The molecule has 114 valence electrons. The molecule has 0 spiro atoms. The molecule has 0 atom stereocenters. The van der Waals surface area contributed by atoms with Crippen LogP contribution in [0.2, 0.25) is 0 Å². The van der Waals surface area contributed by atoms with E-state index in [1.165, 1.54) is 31.4 Å². The number of hydrogen-bond acceptors (Lipinski definition) is 3. The van der Waals surface area contributed by atoms with Crippen LogP contribution < -0.4 is 4.90 Å². The number of benzene rings is 2. The first-order valence-corrected chi connectivity index (χ1v) is 6.44. The highest BCUT2D eigenvalue weighted by atomic mass is 19.1. The van der Waals surface area contributed by atoms with Gasteiger partial charge in [-0.25, -0.2) is 14.0 Å². The molecule has 0 saturated heterocycles. The molecule has 0 aromatic heterocycles. The minimum Gasteiger partial charge on any atom is -0.465 e. The summed E-state index contributed by atoms with van der Waals surface area (Å²) in [7, 11) is 1.27. The third-order valence-electron chi connectivity index (χ3n) is 3.06. The normalized spacial score (nSPS) is 10.1. The van der Waals surface area contributed by atoms with Crippen molar-refractivity contribution >= 4 is 17.7 Å². The predicted octanol–water partition coefficient (Wildman–Crippen LogP) is 3.30. The first kappa shape index (κ1) is 15.5. The minimum absolute atomic E-state index is 0.0335. The van der Waals surface area contributed by atoms with E-state index in [0.29, 0.717) is 16.8 Å². The zero-order chi connectivity index (χ0) is 16.1. The first-order chi connectivity index (χ1) is 10.5. The molecular weight excluding hydrogens is 289 g/mol. The highest BCUT2D eigenvalue weighted by molar-refractivity contribution is 5.90. The van der Waals surface area contributed by atoms with Crippen molar-refractivity contribution in [1.29, 1.82) is 0 Å². The summed E-state index contributed by atoms with van der Waals surface area (Å²) in [4.78, 5) is 24.0. The molecule has 0 aliphatic heterocycles. The summed E-state index contributed by atoms with van der Waals surface area (Å²) < 4.78 is 17.6. The highest BCUT2D eigenvalue weighted by Crippen LogP contribution is 2.19. The topological polar surface area (TPSA) is 66.8 Å². The van der Waals surface area contributed by atoms with Crippen LogP contribution in [0.3, 0.4) is 0 Å². The fraction of sp³-hybridized carbons (Fsp3) is 0.125. The lowest BCUT2D eigenvalue weighted by Gasteiger charge is -2.19. The number of carbonyl (C=O) groups is 2. The Morgan fingerprint density at radius 1 is 1.18 bits per heavy atom. The van der Waals surface area contributed by atoms with Gasteiger partial charge in [0, 0.05) is 5.69 Å². The number of halogens is 1. The molecule has 2 aromatic rings. The molecular formula is C16H14FNO4. The van der Waals surface area contributed by atoms with Gasteiger partial charge in [-0.05, 0) is 42.0 Å². The van der Waals surface area contributed by atoms with E-state index in [-0.39, 0.29) is 6.54 Å². The van der Waals surface area contributed by atoms with Crippen molar-refractivity contribution < 1.29 is 23.8 Å². The molecule has 0 bridgehead atoms. The number of amides is 1. The van der Waals surface area contributed by atoms with E-state index < -0.39 is 17.9 Å². The van der Waals surface area contributed by atoms with Gasteiger partial charge >= 0.3 is 12.1 Å². The fourth-order valence-corrected chi connectivity index (χ4v) is 1.99. The lowest BCUT2D eigenvalue weighted by molar-refractivity contribution is 0.0600. The number of esters is 1. The van der Waals surface area contributed by atoms with Crippen LogP contribution in [0.15, 0.2) is 48.5 Å². The van der Waals surface area contributed by atoms with Gasteiger partial charge in [0.1, 0.15) is 5.82 Å². The zero-order valence-corrected chi connectivity index (χ0v) is 11.8. The van der Waals surface area contributed by atoms with Crippen molar-refractivity contribution in [2.45, 2.75) is 6.54 Å². The maximum Gasteiger partial charge on any atom is 0.412 e.